The van der Waals surface area contributed by atoms with Gasteiger partial charge in [-0.1, -0.05) is 41.9 Å². The average molecular weight is 525 g/mol. The summed E-state index contributed by atoms with van der Waals surface area (Å²) in [6, 6.07) is 20.5. The van der Waals surface area contributed by atoms with E-state index in [1.165, 1.54) is 12.1 Å². The molecule has 0 aliphatic carbocycles. The lowest BCUT2D eigenvalue weighted by Crippen LogP contribution is -2.36. The van der Waals surface area contributed by atoms with Gasteiger partial charge in [0.15, 0.2) is 0 Å². The van der Waals surface area contributed by atoms with Gasteiger partial charge in [-0.2, -0.15) is 4.98 Å². The molecule has 0 amide bonds. The summed E-state index contributed by atoms with van der Waals surface area (Å²) in [5, 5.41) is 5.66. The number of anilines is 1. The van der Waals surface area contributed by atoms with Crippen molar-refractivity contribution >= 4 is 38.2 Å². The molecule has 0 spiro atoms. The standard InChI is InChI=1S/C26H22ClFN4O3S/c1-3-26(18-9-11-19(27)12-10-18,25-29-24(35-30-25)17-7-13-20(28)14-8-17)32-16-15-21-22(31-36(2,33)34)5-4-6-23(21)32/h4-16,31H,3H2,1-2H3/t26-/m1/s1. The summed E-state index contributed by atoms with van der Waals surface area (Å²) in [6.07, 6.45) is 3.53. The van der Waals surface area contributed by atoms with E-state index in [0.29, 0.717) is 28.5 Å². The van der Waals surface area contributed by atoms with Gasteiger partial charge in [0.1, 0.15) is 11.4 Å². The van der Waals surface area contributed by atoms with Gasteiger partial charge in [0.05, 0.1) is 17.5 Å². The van der Waals surface area contributed by atoms with Gasteiger partial charge in [0.25, 0.3) is 5.89 Å². The number of hydrogen-bond acceptors (Lipinski definition) is 5. The maximum absolute atomic E-state index is 13.5. The largest absolute Gasteiger partial charge is 0.334 e. The first-order valence-corrected chi connectivity index (χ1v) is 13.4. The molecule has 1 atom stereocenters. The van der Waals surface area contributed by atoms with E-state index in [1.807, 2.05) is 42.0 Å². The van der Waals surface area contributed by atoms with Crippen LogP contribution in [-0.2, 0) is 15.6 Å². The Balaban J connectivity index is 1.75. The molecule has 0 saturated heterocycles. The van der Waals surface area contributed by atoms with Gasteiger partial charge in [0, 0.05) is 22.2 Å². The number of halogens is 2. The highest BCUT2D eigenvalue weighted by molar-refractivity contribution is 7.92. The van der Waals surface area contributed by atoms with E-state index in [0.717, 1.165) is 22.7 Å². The highest BCUT2D eigenvalue weighted by atomic mass is 35.5. The van der Waals surface area contributed by atoms with Crippen molar-refractivity contribution in [1.82, 2.24) is 14.7 Å². The lowest BCUT2D eigenvalue weighted by Gasteiger charge is -2.33. The molecule has 5 aromatic rings. The highest BCUT2D eigenvalue weighted by Crippen LogP contribution is 2.41. The zero-order valence-corrected chi connectivity index (χ0v) is 21.0. The number of rotatable bonds is 7. The molecule has 2 aromatic heterocycles. The topological polar surface area (TPSA) is 90.0 Å². The van der Waals surface area contributed by atoms with Gasteiger partial charge in [-0.25, -0.2) is 12.8 Å². The summed E-state index contributed by atoms with van der Waals surface area (Å²) in [5.41, 5.74) is 1.77. The molecular formula is C26H22ClFN4O3S. The van der Waals surface area contributed by atoms with E-state index in [1.54, 1.807) is 36.4 Å². The monoisotopic (exact) mass is 524 g/mol. The molecule has 1 N–H and O–H groups in total. The van der Waals surface area contributed by atoms with Crippen LogP contribution in [0.4, 0.5) is 10.1 Å². The van der Waals surface area contributed by atoms with Gasteiger partial charge in [-0.3, -0.25) is 4.72 Å². The maximum Gasteiger partial charge on any atom is 0.258 e. The minimum atomic E-state index is -3.48. The molecule has 5 rings (SSSR count). The van der Waals surface area contributed by atoms with E-state index in [9.17, 15) is 12.8 Å². The smallest absolute Gasteiger partial charge is 0.258 e. The number of benzene rings is 3. The summed E-state index contributed by atoms with van der Waals surface area (Å²) in [6.45, 7) is 2.01. The summed E-state index contributed by atoms with van der Waals surface area (Å²) in [7, 11) is -3.48. The molecule has 0 radical (unpaired) electrons. The van der Waals surface area contributed by atoms with Crippen LogP contribution in [0.1, 0.15) is 24.7 Å². The van der Waals surface area contributed by atoms with Gasteiger partial charge in [-0.05, 0) is 66.6 Å². The van der Waals surface area contributed by atoms with Crippen LogP contribution in [0.5, 0.6) is 0 Å². The van der Waals surface area contributed by atoms with Crippen LogP contribution < -0.4 is 4.72 Å². The van der Waals surface area contributed by atoms with Gasteiger partial charge in [-0.15, -0.1) is 0 Å². The molecular weight excluding hydrogens is 503 g/mol. The summed E-state index contributed by atoms with van der Waals surface area (Å²) < 4.78 is 47.6. The van der Waals surface area contributed by atoms with Gasteiger partial charge in [0.2, 0.25) is 15.8 Å². The Bertz CT molecular complexity index is 1650. The van der Waals surface area contributed by atoms with Crippen molar-refractivity contribution in [3.63, 3.8) is 0 Å². The number of nitrogens with one attached hydrogen (secondary N) is 1. The second-order valence-electron chi connectivity index (χ2n) is 8.45. The average Bonchev–Trinajstić information content (AvgIpc) is 3.50. The fraction of sp³-hybridized carbons (Fsp3) is 0.154. The van der Waals surface area contributed by atoms with E-state index in [2.05, 4.69) is 9.88 Å². The number of fused-ring (bicyclic) bond motifs is 1. The third-order valence-electron chi connectivity index (χ3n) is 6.16. The lowest BCUT2D eigenvalue weighted by atomic mass is 9.85. The molecule has 0 aliphatic rings. The van der Waals surface area contributed by atoms with Crippen LogP contribution in [-0.4, -0.2) is 29.4 Å². The number of aromatic nitrogens is 3. The van der Waals surface area contributed by atoms with Gasteiger partial charge < -0.3 is 9.09 Å². The van der Waals surface area contributed by atoms with Crippen molar-refractivity contribution < 1.29 is 17.3 Å². The first-order chi connectivity index (χ1) is 17.2. The molecule has 7 nitrogen and oxygen atoms in total. The van der Waals surface area contributed by atoms with E-state index in [4.69, 9.17) is 21.1 Å². The van der Waals surface area contributed by atoms with Crippen LogP contribution in [0.3, 0.4) is 0 Å². The lowest BCUT2D eigenvalue weighted by molar-refractivity contribution is 0.360. The van der Waals surface area contributed by atoms with E-state index >= 15 is 0 Å². The third-order valence-corrected chi connectivity index (χ3v) is 7.00. The Morgan fingerprint density at radius 2 is 1.78 bits per heavy atom. The van der Waals surface area contributed by atoms with Crippen molar-refractivity contribution in [2.24, 2.45) is 0 Å². The third kappa shape index (κ3) is 4.25. The van der Waals surface area contributed by atoms with Crippen molar-refractivity contribution in [1.29, 1.82) is 0 Å². The van der Waals surface area contributed by atoms with E-state index < -0.39 is 15.6 Å². The Morgan fingerprint density at radius 3 is 2.44 bits per heavy atom. The van der Waals surface area contributed by atoms with Crippen LogP contribution >= 0.6 is 11.6 Å². The minimum absolute atomic E-state index is 0.257. The van der Waals surface area contributed by atoms with Crippen molar-refractivity contribution in [3.8, 4) is 11.5 Å². The summed E-state index contributed by atoms with van der Waals surface area (Å²) >= 11 is 6.20. The molecule has 36 heavy (non-hydrogen) atoms. The second kappa shape index (κ2) is 9.07. The molecule has 184 valence electrons. The molecule has 0 fully saturated rings. The zero-order valence-electron chi connectivity index (χ0n) is 19.4. The Labute approximate surface area is 212 Å². The highest BCUT2D eigenvalue weighted by Gasteiger charge is 2.40. The molecule has 0 bridgehead atoms. The Hall–Kier alpha value is -3.69. The summed E-state index contributed by atoms with van der Waals surface area (Å²) in [4.78, 5) is 4.73. The van der Waals surface area contributed by atoms with E-state index in [-0.39, 0.29) is 11.7 Å². The number of hydrogen-bond donors (Lipinski definition) is 1. The molecule has 3 aromatic carbocycles. The Morgan fingerprint density at radius 1 is 1.06 bits per heavy atom. The summed E-state index contributed by atoms with van der Waals surface area (Å²) in [5.74, 6) is 0.290. The predicted molar refractivity (Wildman–Crippen MR) is 138 cm³/mol. The predicted octanol–water partition coefficient (Wildman–Crippen LogP) is 6.06. The minimum Gasteiger partial charge on any atom is -0.334 e. The van der Waals surface area contributed by atoms with Gasteiger partial charge >= 0.3 is 0 Å². The number of nitrogens with zero attached hydrogens (tertiary/aromatic N) is 3. The number of sulfonamides is 1. The fourth-order valence-electron chi connectivity index (χ4n) is 4.52. The first-order valence-electron chi connectivity index (χ1n) is 11.2. The van der Waals surface area contributed by atoms with Crippen molar-refractivity contribution in [2.75, 3.05) is 11.0 Å². The van der Waals surface area contributed by atoms with Crippen LogP contribution in [0.2, 0.25) is 5.02 Å². The molecule has 0 saturated carbocycles. The van der Waals surface area contributed by atoms with Crippen LogP contribution in [0.25, 0.3) is 22.4 Å². The molecule has 0 unspecified atom stereocenters. The Kier molecular flexibility index (Phi) is 6.05. The van der Waals surface area contributed by atoms with Crippen LogP contribution in [0.15, 0.2) is 83.5 Å². The normalized spacial score (nSPS) is 13.6. The SMILES string of the molecule is CC[C@@](c1ccc(Cl)cc1)(c1noc(-c2ccc(F)cc2)n1)n1ccc2c(NS(C)(=O)=O)cccc21. The quantitative estimate of drug-likeness (QED) is 0.279. The fourth-order valence-corrected chi connectivity index (χ4v) is 5.23. The second-order valence-corrected chi connectivity index (χ2v) is 10.6. The zero-order chi connectivity index (χ0) is 25.5. The molecule has 2 heterocycles. The first kappa shape index (κ1) is 24.0. The van der Waals surface area contributed by atoms with Crippen molar-refractivity contribution in [3.05, 3.63) is 101 Å². The molecule has 10 heteroatoms. The maximum atomic E-state index is 13.5. The van der Waals surface area contributed by atoms with Crippen molar-refractivity contribution in [2.45, 2.75) is 18.9 Å². The molecule has 0 aliphatic heterocycles. The van der Waals surface area contributed by atoms with Crippen LogP contribution in [0, 0.1) is 5.82 Å².